The first-order chi connectivity index (χ1) is 16.1. The monoisotopic (exact) mass is 437 g/mol. The van der Waals surface area contributed by atoms with E-state index < -0.39 is 0 Å². The van der Waals surface area contributed by atoms with Gasteiger partial charge >= 0.3 is 0 Å². The summed E-state index contributed by atoms with van der Waals surface area (Å²) in [5, 5.41) is 6.42. The van der Waals surface area contributed by atoms with Gasteiger partial charge in [-0.2, -0.15) is 0 Å². The van der Waals surface area contributed by atoms with E-state index in [1.807, 2.05) is 67.6 Å². The highest BCUT2D eigenvalue weighted by Gasteiger charge is 2.12. The van der Waals surface area contributed by atoms with E-state index >= 15 is 0 Å². The van der Waals surface area contributed by atoms with E-state index in [2.05, 4.69) is 38.6 Å². The van der Waals surface area contributed by atoms with Crippen molar-refractivity contribution in [3.63, 3.8) is 0 Å². The molecule has 33 heavy (non-hydrogen) atoms. The van der Waals surface area contributed by atoms with Crippen LogP contribution in [0, 0.1) is 5.92 Å². The van der Waals surface area contributed by atoms with Crippen LogP contribution in [0.15, 0.2) is 97.1 Å². The Labute approximate surface area is 194 Å². The van der Waals surface area contributed by atoms with Crippen molar-refractivity contribution in [2.75, 3.05) is 10.6 Å². The van der Waals surface area contributed by atoms with Crippen LogP contribution in [0.5, 0.6) is 0 Å². The van der Waals surface area contributed by atoms with Crippen molar-refractivity contribution in [2.24, 2.45) is 5.92 Å². The Morgan fingerprint density at radius 3 is 2.85 bits per heavy atom. The first kappa shape index (κ1) is 22.1. The number of rotatable bonds is 6. The average molecular weight is 438 g/mol. The Morgan fingerprint density at radius 1 is 1.09 bits per heavy atom. The van der Waals surface area contributed by atoms with Gasteiger partial charge in [0.1, 0.15) is 5.82 Å². The Hall–Kier alpha value is -4.06. The lowest BCUT2D eigenvalue weighted by atomic mass is 10.0. The minimum atomic E-state index is -0.110. The molecule has 3 aromatic rings. The number of pyridine rings is 1. The molecule has 2 aromatic heterocycles. The molecule has 166 valence electrons. The van der Waals surface area contributed by atoms with Crippen molar-refractivity contribution in [1.82, 2.24) is 15.0 Å². The molecule has 2 atom stereocenters. The van der Waals surface area contributed by atoms with Crippen LogP contribution in [0.1, 0.15) is 31.9 Å². The lowest BCUT2D eigenvalue weighted by Gasteiger charge is -2.17. The van der Waals surface area contributed by atoms with Crippen LogP contribution in [0.4, 0.5) is 11.5 Å². The summed E-state index contributed by atoms with van der Waals surface area (Å²) in [4.78, 5) is 25.9. The second-order valence-electron chi connectivity index (χ2n) is 8.10. The molecule has 1 aromatic carbocycles. The van der Waals surface area contributed by atoms with Crippen molar-refractivity contribution in [2.45, 2.75) is 26.3 Å². The lowest BCUT2D eigenvalue weighted by molar-refractivity contribution is -0.112. The summed E-state index contributed by atoms with van der Waals surface area (Å²) in [5.41, 5.74) is 4.12. The van der Waals surface area contributed by atoms with E-state index in [1.165, 1.54) is 0 Å². The third-order valence-corrected chi connectivity index (χ3v) is 5.36. The number of carbonyl (C=O) groups excluding carboxylic acids is 1. The minimum absolute atomic E-state index is 0.0361. The molecule has 0 bridgehead atoms. The SMILES string of the molecule is CC1\C=C(C(=O)Nc2cccc([C@H](C)Nc3cncc(-c4cccnc4)n3)c2)/C=C\C=C\C1. The number of hydrogen-bond donors (Lipinski definition) is 2. The van der Waals surface area contributed by atoms with Gasteiger partial charge in [0, 0.05) is 29.2 Å². The Bertz CT molecular complexity index is 1200. The first-order valence-electron chi connectivity index (χ1n) is 11.0. The number of amides is 1. The maximum atomic E-state index is 12.8. The van der Waals surface area contributed by atoms with Crippen molar-refractivity contribution < 1.29 is 4.79 Å². The summed E-state index contributed by atoms with van der Waals surface area (Å²) < 4.78 is 0. The second-order valence-corrected chi connectivity index (χ2v) is 8.10. The molecular weight excluding hydrogens is 410 g/mol. The van der Waals surface area contributed by atoms with Gasteiger partial charge in [0.05, 0.1) is 24.1 Å². The summed E-state index contributed by atoms with van der Waals surface area (Å²) in [6.45, 7) is 4.16. The smallest absolute Gasteiger partial charge is 0.255 e. The number of allylic oxidation sites excluding steroid dienone is 4. The zero-order valence-corrected chi connectivity index (χ0v) is 18.8. The van der Waals surface area contributed by atoms with Crippen molar-refractivity contribution in [3.8, 4) is 11.3 Å². The van der Waals surface area contributed by atoms with E-state index in [4.69, 9.17) is 0 Å². The molecule has 2 heterocycles. The molecule has 0 spiro atoms. The molecule has 6 nitrogen and oxygen atoms in total. The molecule has 0 saturated heterocycles. The highest BCUT2D eigenvalue weighted by atomic mass is 16.1. The first-order valence-corrected chi connectivity index (χ1v) is 11.0. The van der Waals surface area contributed by atoms with Gasteiger partial charge < -0.3 is 10.6 Å². The van der Waals surface area contributed by atoms with Gasteiger partial charge in [0.15, 0.2) is 0 Å². The van der Waals surface area contributed by atoms with E-state index in [0.29, 0.717) is 17.3 Å². The van der Waals surface area contributed by atoms with Crippen molar-refractivity contribution >= 4 is 17.4 Å². The predicted molar refractivity (Wildman–Crippen MR) is 133 cm³/mol. The molecule has 0 aliphatic heterocycles. The van der Waals surface area contributed by atoms with Gasteiger partial charge in [-0.1, -0.05) is 43.4 Å². The topological polar surface area (TPSA) is 79.8 Å². The molecule has 0 fully saturated rings. The fourth-order valence-corrected chi connectivity index (χ4v) is 3.60. The van der Waals surface area contributed by atoms with Gasteiger partial charge in [-0.15, -0.1) is 0 Å². The van der Waals surface area contributed by atoms with Crippen LogP contribution < -0.4 is 10.6 Å². The van der Waals surface area contributed by atoms with Gasteiger partial charge in [-0.3, -0.25) is 14.8 Å². The summed E-state index contributed by atoms with van der Waals surface area (Å²) >= 11 is 0. The molecule has 0 radical (unpaired) electrons. The Morgan fingerprint density at radius 2 is 2.00 bits per heavy atom. The Balaban J connectivity index is 1.46. The molecule has 4 rings (SSSR count). The maximum absolute atomic E-state index is 12.8. The third kappa shape index (κ3) is 6.01. The highest BCUT2D eigenvalue weighted by molar-refractivity contribution is 6.05. The van der Waals surface area contributed by atoms with Crippen molar-refractivity contribution in [3.05, 3.63) is 103 Å². The second kappa shape index (κ2) is 10.5. The standard InChI is InChI=1S/C27H27N5O/c1-19-8-4-3-5-9-22(14-19)27(33)31-24-12-6-10-21(15-24)20(2)30-26-18-29-17-25(32-26)23-11-7-13-28-16-23/h3-7,9-20H,8H2,1-2H3,(H,30,32)(H,31,33)/b4-3+,9-5-,22-14+/t19?,20-/m0/s1. The lowest BCUT2D eigenvalue weighted by Crippen LogP contribution is -2.15. The average Bonchev–Trinajstić information content (AvgIpc) is 2.82. The number of anilines is 2. The normalized spacial score (nSPS) is 19.8. The van der Waals surface area contributed by atoms with Gasteiger partial charge in [-0.05, 0) is 55.2 Å². The number of nitrogens with zero attached hydrogens (tertiary/aromatic N) is 3. The minimum Gasteiger partial charge on any atom is -0.362 e. The fourth-order valence-electron chi connectivity index (χ4n) is 3.60. The van der Waals surface area contributed by atoms with E-state index in [1.54, 1.807) is 24.8 Å². The van der Waals surface area contributed by atoms with Gasteiger partial charge in [0.2, 0.25) is 0 Å². The van der Waals surface area contributed by atoms with E-state index in [0.717, 1.165) is 28.9 Å². The van der Waals surface area contributed by atoms with Crippen molar-refractivity contribution in [1.29, 1.82) is 0 Å². The molecule has 1 aliphatic rings. The quantitative estimate of drug-likeness (QED) is 0.515. The summed E-state index contributed by atoms with van der Waals surface area (Å²) in [6.07, 6.45) is 17.7. The fraction of sp³-hybridized carbons (Fsp3) is 0.185. The molecule has 1 aliphatic carbocycles. The molecule has 1 unspecified atom stereocenters. The summed E-state index contributed by atoms with van der Waals surface area (Å²) in [6, 6.07) is 11.6. The van der Waals surface area contributed by atoms with E-state index in [9.17, 15) is 4.79 Å². The van der Waals surface area contributed by atoms with Gasteiger partial charge in [-0.25, -0.2) is 4.98 Å². The number of nitrogens with one attached hydrogen (secondary N) is 2. The summed E-state index contributed by atoms with van der Waals surface area (Å²) in [5.74, 6) is 0.873. The highest BCUT2D eigenvalue weighted by Crippen LogP contribution is 2.23. The largest absolute Gasteiger partial charge is 0.362 e. The summed E-state index contributed by atoms with van der Waals surface area (Å²) in [7, 11) is 0. The predicted octanol–water partition coefficient (Wildman–Crippen LogP) is 5.73. The molecule has 0 saturated carbocycles. The molecular formula is C27H27N5O. The van der Waals surface area contributed by atoms with Crippen LogP contribution in [0.25, 0.3) is 11.3 Å². The van der Waals surface area contributed by atoms with Gasteiger partial charge in [0.25, 0.3) is 5.91 Å². The number of benzene rings is 1. The van der Waals surface area contributed by atoms with Crippen LogP contribution in [-0.4, -0.2) is 20.9 Å². The Kier molecular flexibility index (Phi) is 7.05. The van der Waals surface area contributed by atoms with Crippen LogP contribution in [0.2, 0.25) is 0 Å². The number of carbonyl (C=O) groups is 1. The zero-order chi connectivity index (χ0) is 23.0. The zero-order valence-electron chi connectivity index (χ0n) is 18.8. The third-order valence-electron chi connectivity index (χ3n) is 5.36. The number of aromatic nitrogens is 3. The maximum Gasteiger partial charge on any atom is 0.255 e. The molecule has 6 heteroatoms. The van der Waals surface area contributed by atoms with Crippen LogP contribution >= 0.6 is 0 Å². The van der Waals surface area contributed by atoms with E-state index in [-0.39, 0.29) is 11.9 Å². The number of hydrogen-bond acceptors (Lipinski definition) is 5. The van der Waals surface area contributed by atoms with Crippen LogP contribution in [-0.2, 0) is 4.79 Å². The molecule has 1 amide bonds. The van der Waals surface area contributed by atoms with Crippen LogP contribution in [0.3, 0.4) is 0 Å². The molecule has 2 N–H and O–H groups in total.